The summed E-state index contributed by atoms with van der Waals surface area (Å²) < 4.78 is 45.3. The minimum atomic E-state index is -4.48. The van der Waals surface area contributed by atoms with Crippen LogP contribution in [-0.2, 0) is 17.5 Å². The van der Waals surface area contributed by atoms with Gasteiger partial charge >= 0.3 is 6.18 Å². The van der Waals surface area contributed by atoms with Crippen molar-refractivity contribution in [1.29, 1.82) is 0 Å². The maximum atomic E-state index is 13.3. The summed E-state index contributed by atoms with van der Waals surface area (Å²) in [7, 11) is 1.68. The van der Waals surface area contributed by atoms with Crippen molar-refractivity contribution in [2.75, 3.05) is 25.0 Å². The Balaban J connectivity index is 1.72. The van der Waals surface area contributed by atoms with Crippen LogP contribution in [0.25, 0.3) is 0 Å². The third kappa shape index (κ3) is 4.43. The van der Waals surface area contributed by atoms with E-state index in [4.69, 9.17) is 4.42 Å². The average molecular weight is 381 g/mol. The van der Waals surface area contributed by atoms with E-state index in [1.54, 1.807) is 16.8 Å². The van der Waals surface area contributed by atoms with Gasteiger partial charge in [0.1, 0.15) is 17.3 Å². The van der Waals surface area contributed by atoms with Gasteiger partial charge in [0.05, 0.1) is 18.0 Å². The largest absolute Gasteiger partial charge is 0.464 e. The zero-order chi connectivity index (χ0) is 19.6. The summed E-state index contributed by atoms with van der Waals surface area (Å²) in [6.45, 7) is 2.83. The molecule has 0 aliphatic carbocycles. The van der Waals surface area contributed by atoms with Crippen molar-refractivity contribution >= 4 is 11.7 Å². The number of alkyl halides is 3. The summed E-state index contributed by atoms with van der Waals surface area (Å²) in [6, 6.07) is 5.95. The van der Waals surface area contributed by atoms with Crippen LogP contribution in [0.5, 0.6) is 0 Å². The van der Waals surface area contributed by atoms with Crippen molar-refractivity contribution in [3.05, 3.63) is 47.5 Å². The fraction of sp³-hybridized carbons (Fsp3) is 0.474. The summed E-state index contributed by atoms with van der Waals surface area (Å²) in [6.07, 6.45) is -1.85. The Morgan fingerprint density at radius 1 is 1.37 bits per heavy atom. The van der Waals surface area contributed by atoms with Crippen LogP contribution in [0.1, 0.15) is 29.9 Å². The van der Waals surface area contributed by atoms with E-state index in [9.17, 15) is 18.0 Å². The molecule has 2 aromatic rings. The van der Waals surface area contributed by atoms with Crippen LogP contribution in [0.4, 0.5) is 19.0 Å². The predicted molar refractivity (Wildman–Crippen MR) is 94.1 cm³/mol. The van der Waals surface area contributed by atoms with Gasteiger partial charge in [-0.25, -0.2) is 4.98 Å². The van der Waals surface area contributed by atoms with Gasteiger partial charge in [-0.15, -0.1) is 0 Å². The quantitative estimate of drug-likeness (QED) is 0.807. The van der Waals surface area contributed by atoms with E-state index in [-0.39, 0.29) is 24.2 Å². The van der Waals surface area contributed by atoms with Gasteiger partial charge in [-0.1, -0.05) is 0 Å². The Morgan fingerprint density at radius 3 is 2.81 bits per heavy atom. The number of anilines is 1. The first-order valence-corrected chi connectivity index (χ1v) is 8.83. The van der Waals surface area contributed by atoms with E-state index >= 15 is 0 Å². The number of aryl methyl sites for hydroxylation is 1. The first-order valence-electron chi connectivity index (χ1n) is 8.83. The van der Waals surface area contributed by atoms with E-state index < -0.39 is 11.7 Å². The summed E-state index contributed by atoms with van der Waals surface area (Å²) in [5, 5.41) is 0. The van der Waals surface area contributed by atoms with E-state index in [1.807, 2.05) is 19.1 Å². The number of nitrogens with zero attached hydrogens (tertiary/aromatic N) is 3. The minimum absolute atomic E-state index is 0.0988. The van der Waals surface area contributed by atoms with Crippen molar-refractivity contribution in [3.63, 3.8) is 0 Å². The second-order valence-electron chi connectivity index (χ2n) is 6.86. The van der Waals surface area contributed by atoms with Crippen molar-refractivity contribution < 1.29 is 22.4 Å². The molecule has 0 aromatic carbocycles. The Labute approximate surface area is 155 Å². The Bertz CT molecular complexity index is 803. The fourth-order valence-corrected chi connectivity index (χ4v) is 3.43. The lowest BCUT2D eigenvalue weighted by Gasteiger charge is -2.35. The van der Waals surface area contributed by atoms with Gasteiger partial charge in [0.25, 0.3) is 0 Å². The Kier molecular flexibility index (Phi) is 5.43. The van der Waals surface area contributed by atoms with Crippen molar-refractivity contribution in [2.24, 2.45) is 5.92 Å². The minimum Gasteiger partial charge on any atom is -0.464 e. The summed E-state index contributed by atoms with van der Waals surface area (Å²) in [5.41, 5.74) is -0.766. The SMILES string of the molecule is Cc1ccc(CN(C)C(=O)C2CCCN(c3ncccc3C(F)(F)F)C2)o1. The number of pyridine rings is 1. The molecule has 0 bridgehead atoms. The number of piperidine rings is 1. The third-order valence-electron chi connectivity index (χ3n) is 4.73. The maximum Gasteiger partial charge on any atom is 0.419 e. The number of rotatable bonds is 4. The second kappa shape index (κ2) is 7.62. The highest BCUT2D eigenvalue weighted by Crippen LogP contribution is 2.36. The fourth-order valence-electron chi connectivity index (χ4n) is 3.43. The molecule has 0 spiro atoms. The van der Waals surface area contributed by atoms with Crippen LogP contribution in [0.3, 0.4) is 0 Å². The molecule has 1 saturated heterocycles. The monoisotopic (exact) mass is 381 g/mol. The standard InChI is InChI=1S/C19H22F3N3O2/c1-13-7-8-15(27-13)12-24(2)18(26)14-5-4-10-25(11-14)17-16(19(20,21)22)6-3-9-23-17/h3,6-9,14H,4-5,10-12H2,1-2H3. The lowest BCUT2D eigenvalue weighted by molar-refractivity contribution is -0.137. The molecule has 1 aliphatic heterocycles. The highest BCUT2D eigenvalue weighted by molar-refractivity contribution is 5.79. The van der Waals surface area contributed by atoms with Crippen LogP contribution in [-0.4, -0.2) is 35.9 Å². The van der Waals surface area contributed by atoms with E-state index in [1.165, 1.54) is 12.3 Å². The lowest BCUT2D eigenvalue weighted by Crippen LogP contribution is -2.44. The highest BCUT2D eigenvalue weighted by atomic mass is 19.4. The van der Waals surface area contributed by atoms with Gasteiger partial charge in [-0.3, -0.25) is 4.79 Å². The van der Waals surface area contributed by atoms with Gasteiger partial charge < -0.3 is 14.2 Å². The number of carbonyl (C=O) groups excluding carboxylic acids is 1. The van der Waals surface area contributed by atoms with Crippen molar-refractivity contribution in [2.45, 2.75) is 32.5 Å². The van der Waals surface area contributed by atoms with E-state index in [0.717, 1.165) is 11.8 Å². The van der Waals surface area contributed by atoms with Gasteiger partial charge in [-0.05, 0) is 44.0 Å². The number of furan rings is 1. The predicted octanol–water partition coefficient (Wildman–Crippen LogP) is 3.88. The summed E-state index contributed by atoms with van der Waals surface area (Å²) in [5.74, 6) is 0.873. The molecule has 3 heterocycles. The van der Waals surface area contributed by atoms with Crippen LogP contribution in [0.2, 0.25) is 0 Å². The number of carbonyl (C=O) groups is 1. The normalized spacial score (nSPS) is 17.8. The molecular weight excluding hydrogens is 359 g/mol. The third-order valence-corrected chi connectivity index (χ3v) is 4.73. The maximum absolute atomic E-state index is 13.3. The molecule has 1 unspecified atom stereocenters. The van der Waals surface area contributed by atoms with Crippen LogP contribution in [0.15, 0.2) is 34.9 Å². The molecule has 1 atom stereocenters. The zero-order valence-corrected chi connectivity index (χ0v) is 15.3. The van der Waals surface area contributed by atoms with E-state index in [0.29, 0.717) is 31.7 Å². The van der Waals surface area contributed by atoms with Gasteiger partial charge in [-0.2, -0.15) is 13.2 Å². The molecule has 1 amide bonds. The number of amides is 1. The van der Waals surface area contributed by atoms with Crippen LogP contribution >= 0.6 is 0 Å². The van der Waals surface area contributed by atoms with Gasteiger partial charge in [0.2, 0.25) is 5.91 Å². The Hall–Kier alpha value is -2.51. The molecule has 8 heteroatoms. The van der Waals surface area contributed by atoms with E-state index in [2.05, 4.69) is 4.98 Å². The topological polar surface area (TPSA) is 49.6 Å². The lowest BCUT2D eigenvalue weighted by atomic mass is 9.96. The zero-order valence-electron chi connectivity index (χ0n) is 15.3. The second-order valence-corrected chi connectivity index (χ2v) is 6.86. The van der Waals surface area contributed by atoms with Crippen molar-refractivity contribution in [1.82, 2.24) is 9.88 Å². The number of hydrogen-bond acceptors (Lipinski definition) is 4. The smallest absolute Gasteiger partial charge is 0.419 e. The molecule has 1 aliphatic rings. The molecule has 5 nitrogen and oxygen atoms in total. The molecule has 0 radical (unpaired) electrons. The highest BCUT2D eigenvalue weighted by Gasteiger charge is 2.37. The van der Waals surface area contributed by atoms with Gasteiger partial charge in [0.15, 0.2) is 0 Å². The number of halogens is 3. The molecule has 3 rings (SSSR count). The molecular formula is C19H22F3N3O2. The molecule has 146 valence electrons. The number of hydrogen-bond donors (Lipinski definition) is 0. The molecule has 27 heavy (non-hydrogen) atoms. The Morgan fingerprint density at radius 2 is 2.15 bits per heavy atom. The summed E-state index contributed by atoms with van der Waals surface area (Å²) in [4.78, 5) is 19.9. The summed E-state index contributed by atoms with van der Waals surface area (Å²) >= 11 is 0. The van der Waals surface area contributed by atoms with Crippen molar-refractivity contribution in [3.8, 4) is 0 Å². The van der Waals surface area contributed by atoms with Gasteiger partial charge in [0, 0.05) is 26.3 Å². The number of aromatic nitrogens is 1. The first-order chi connectivity index (χ1) is 12.8. The van der Waals surface area contributed by atoms with Crippen LogP contribution < -0.4 is 4.90 Å². The molecule has 0 N–H and O–H groups in total. The first kappa shape index (κ1) is 19.3. The molecule has 0 saturated carbocycles. The van der Waals surface area contributed by atoms with Crippen LogP contribution in [0, 0.1) is 12.8 Å². The molecule has 2 aromatic heterocycles. The average Bonchev–Trinajstić information content (AvgIpc) is 3.05. The molecule has 1 fully saturated rings.